The molecule has 2 nitrogen and oxygen atoms in total. The summed E-state index contributed by atoms with van der Waals surface area (Å²) in [5.74, 6) is 0. The molecule has 1 atom stereocenters. The van der Waals surface area contributed by atoms with E-state index in [1.807, 2.05) is 0 Å². The predicted octanol–water partition coefficient (Wildman–Crippen LogP) is 3.83. The number of likely N-dealkylation sites (N-methyl/N-ethyl adjacent to an activating group) is 1. The molecule has 2 rings (SSSR count). The fourth-order valence-corrected chi connectivity index (χ4v) is 3.32. The van der Waals surface area contributed by atoms with Crippen LogP contribution in [-0.4, -0.2) is 31.1 Å². The lowest BCUT2D eigenvalue weighted by Gasteiger charge is -2.25. The lowest BCUT2D eigenvalue weighted by molar-refractivity contribution is 0.243. The van der Waals surface area contributed by atoms with Gasteiger partial charge >= 0.3 is 0 Å². The highest BCUT2D eigenvalue weighted by Gasteiger charge is 2.19. The van der Waals surface area contributed by atoms with E-state index in [1.165, 1.54) is 42.4 Å². The smallest absolute Gasteiger partial charge is 0.0295 e. The molecule has 1 N–H and O–H groups in total. The van der Waals surface area contributed by atoms with Crippen LogP contribution in [0, 0.1) is 13.8 Å². The Labute approximate surface area is 124 Å². The minimum Gasteiger partial charge on any atom is -0.309 e. The van der Waals surface area contributed by atoms with E-state index in [0.717, 1.165) is 19.1 Å². The number of hydrogen-bond acceptors (Lipinski definition) is 2. The summed E-state index contributed by atoms with van der Waals surface area (Å²) >= 11 is 0. The van der Waals surface area contributed by atoms with Crippen molar-refractivity contribution >= 4 is 0 Å². The van der Waals surface area contributed by atoms with E-state index in [1.54, 1.807) is 0 Å². The highest BCUT2D eigenvalue weighted by atomic mass is 15.1. The summed E-state index contributed by atoms with van der Waals surface area (Å²) in [6.07, 6.45) is 5.62. The van der Waals surface area contributed by atoms with Gasteiger partial charge in [0.25, 0.3) is 0 Å². The zero-order valence-corrected chi connectivity index (χ0v) is 13.6. The van der Waals surface area contributed by atoms with Crippen molar-refractivity contribution in [2.75, 3.05) is 20.1 Å². The van der Waals surface area contributed by atoms with Gasteiger partial charge in [0.2, 0.25) is 0 Å². The van der Waals surface area contributed by atoms with Gasteiger partial charge in [-0.2, -0.15) is 0 Å². The van der Waals surface area contributed by atoms with Crippen molar-refractivity contribution in [3.8, 4) is 0 Å². The van der Waals surface area contributed by atoms with Crippen LogP contribution in [0.1, 0.15) is 55.3 Å². The molecule has 1 aliphatic carbocycles. The molecular formula is C18H30N2. The number of benzene rings is 1. The molecule has 0 aliphatic heterocycles. The first-order valence-corrected chi connectivity index (χ1v) is 8.08. The number of nitrogens with zero attached hydrogens (tertiary/aromatic N) is 1. The maximum atomic E-state index is 3.68. The average Bonchev–Trinajstić information content (AvgIpc) is 2.95. The van der Waals surface area contributed by atoms with Gasteiger partial charge in [0.15, 0.2) is 0 Å². The van der Waals surface area contributed by atoms with Crippen molar-refractivity contribution in [3.05, 3.63) is 34.9 Å². The standard InChI is InChI=1S/C18H30N2/c1-14-9-10-15(2)18(13-14)16(3)19-11-12-20(4)17-7-5-6-8-17/h9-10,13,16-17,19H,5-8,11-12H2,1-4H3. The molecule has 1 unspecified atom stereocenters. The maximum Gasteiger partial charge on any atom is 0.0295 e. The molecule has 2 heteroatoms. The van der Waals surface area contributed by atoms with Crippen LogP contribution in [0.15, 0.2) is 18.2 Å². The van der Waals surface area contributed by atoms with Crippen molar-refractivity contribution in [1.29, 1.82) is 0 Å². The third-order valence-electron chi connectivity index (χ3n) is 4.76. The summed E-state index contributed by atoms with van der Waals surface area (Å²) in [5, 5.41) is 3.68. The Hall–Kier alpha value is -0.860. The number of nitrogens with one attached hydrogen (secondary N) is 1. The summed E-state index contributed by atoms with van der Waals surface area (Å²) in [6, 6.07) is 8.00. The molecule has 1 aromatic carbocycles. The van der Waals surface area contributed by atoms with Crippen LogP contribution in [0.4, 0.5) is 0 Å². The van der Waals surface area contributed by atoms with Crippen molar-refractivity contribution in [2.45, 2.75) is 58.5 Å². The Kier molecular flexibility index (Phi) is 5.62. The molecule has 0 aromatic heterocycles. The molecule has 0 spiro atoms. The van der Waals surface area contributed by atoms with Crippen LogP contribution >= 0.6 is 0 Å². The topological polar surface area (TPSA) is 15.3 Å². The van der Waals surface area contributed by atoms with Crippen molar-refractivity contribution in [1.82, 2.24) is 10.2 Å². The van der Waals surface area contributed by atoms with E-state index in [2.05, 4.69) is 56.2 Å². The van der Waals surface area contributed by atoms with Crippen LogP contribution in [0.5, 0.6) is 0 Å². The van der Waals surface area contributed by atoms with Gasteiger partial charge in [0, 0.05) is 25.2 Å². The largest absolute Gasteiger partial charge is 0.309 e. The van der Waals surface area contributed by atoms with Crippen molar-refractivity contribution < 1.29 is 0 Å². The minimum atomic E-state index is 0.437. The van der Waals surface area contributed by atoms with Crippen LogP contribution in [0.3, 0.4) is 0 Å². The molecule has 0 bridgehead atoms. The van der Waals surface area contributed by atoms with E-state index < -0.39 is 0 Å². The number of hydrogen-bond donors (Lipinski definition) is 1. The van der Waals surface area contributed by atoms with Crippen LogP contribution in [0.2, 0.25) is 0 Å². The summed E-state index contributed by atoms with van der Waals surface area (Å²) in [7, 11) is 2.28. The monoisotopic (exact) mass is 274 g/mol. The lowest BCUT2D eigenvalue weighted by atomic mass is 10.00. The van der Waals surface area contributed by atoms with Gasteiger partial charge < -0.3 is 10.2 Å². The van der Waals surface area contributed by atoms with Crippen LogP contribution < -0.4 is 5.32 Å². The summed E-state index contributed by atoms with van der Waals surface area (Å²) in [5.41, 5.74) is 4.18. The van der Waals surface area contributed by atoms with Gasteiger partial charge in [-0.25, -0.2) is 0 Å². The average molecular weight is 274 g/mol. The van der Waals surface area contributed by atoms with Gasteiger partial charge in [-0.15, -0.1) is 0 Å². The third kappa shape index (κ3) is 4.07. The number of aryl methyl sites for hydroxylation is 2. The summed E-state index contributed by atoms with van der Waals surface area (Å²) in [4.78, 5) is 2.54. The normalized spacial score (nSPS) is 17.9. The molecule has 1 fully saturated rings. The molecule has 112 valence electrons. The van der Waals surface area contributed by atoms with Gasteiger partial charge in [-0.3, -0.25) is 0 Å². The Bertz CT molecular complexity index is 421. The molecular weight excluding hydrogens is 244 g/mol. The summed E-state index contributed by atoms with van der Waals surface area (Å²) < 4.78 is 0. The summed E-state index contributed by atoms with van der Waals surface area (Å²) in [6.45, 7) is 8.87. The Morgan fingerprint density at radius 3 is 2.65 bits per heavy atom. The lowest BCUT2D eigenvalue weighted by Crippen LogP contribution is -2.36. The van der Waals surface area contributed by atoms with Gasteiger partial charge in [0.1, 0.15) is 0 Å². The molecule has 1 aromatic rings. The predicted molar refractivity (Wildman–Crippen MR) is 87.2 cm³/mol. The van der Waals surface area contributed by atoms with Crippen LogP contribution in [0.25, 0.3) is 0 Å². The molecule has 1 aliphatic rings. The van der Waals surface area contributed by atoms with E-state index >= 15 is 0 Å². The first kappa shape index (κ1) is 15.5. The second kappa shape index (κ2) is 7.24. The maximum absolute atomic E-state index is 3.68. The van der Waals surface area contributed by atoms with E-state index in [9.17, 15) is 0 Å². The molecule has 0 saturated heterocycles. The Morgan fingerprint density at radius 1 is 1.25 bits per heavy atom. The van der Waals surface area contributed by atoms with E-state index in [-0.39, 0.29) is 0 Å². The first-order valence-electron chi connectivity index (χ1n) is 8.08. The zero-order chi connectivity index (χ0) is 14.5. The Balaban J connectivity index is 1.79. The second-order valence-electron chi connectivity index (χ2n) is 6.45. The van der Waals surface area contributed by atoms with Crippen LogP contribution in [-0.2, 0) is 0 Å². The SMILES string of the molecule is Cc1ccc(C)c(C(C)NCCN(C)C2CCCC2)c1. The zero-order valence-electron chi connectivity index (χ0n) is 13.6. The third-order valence-corrected chi connectivity index (χ3v) is 4.76. The fourth-order valence-electron chi connectivity index (χ4n) is 3.32. The molecule has 0 radical (unpaired) electrons. The molecule has 20 heavy (non-hydrogen) atoms. The van der Waals surface area contributed by atoms with Gasteiger partial charge in [-0.05, 0) is 51.8 Å². The van der Waals surface area contributed by atoms with Gasteiger partial charge in [-0.1, -0.05) is 36.6 Å². The highest BCUT2D eigenvalue weighted by molar-refractivity contribution is 5.32. The van der Waals surface area contributed by atoms with Crippen molar-refractivity contribution in [2.24, 2.45) is 0 Å². The van der Waals surface area contributed by atoms with E-state index in [0.29, 0.717) is 6.04 Å². The first-order chi connectivity index (χ1) is 9.58. The highest BCUT2D eigenvalue weighted by Crippen LogP contribution is 2.22. The second-order valence-corrected chi connectivity index (χ2v) is 6.45. The van der Waals surface area contributed by atoms with E-state index in [4.69, 9.17) is 0 Å². The molecule has 0 amide bonds. The van der Waals surface area contributed by atoms with Gasteiger partial charge in [0.05, 0.1) is 0 Å². The fraction of sp³-hybridized carbons (Fsp3) is 0.667. The molecule has 0 heterocycles. The van der Waals surface area contributed by atoms with Crippen molar-refractivity contribution in [3.63, 3.8) is 0 Å². The minimum absolute atomic E-state index is 0.437. The molecule has 1 saturated carbocycles. The quantitative estimate of drug-likeness (QED) is 0.848. The Morgan fingerprint density at radius 2 is 1.95 bits per heavy atom. The number of rotatable bonds is 6.